The van der Waals surface area contributed by atoms with E-state index in [2.05, 4.69) is 10.6 Å². The fraction of sp³-hybridized carbons (Fsp3) is 0.250. The molecule has 1 aromatic carbocycles. The predicted molar refractivity (Wildman–Crippen MR) is 60.9 cm³/mol. The second-order valence-corrected chi connectivity index (χ2v) is 3.88. The number of carbonyl (C=O) groups is 2. The van der Waals surface area contributed by atoms with Gasteiger partial charge in [0, 0.05) is 18.7 Å². The zero-order chi connectivity index (χ0) is 12.3. The third-order valence-corrected chi connectivity index (χ3v) is 2.63. The van der Waals surface area contributed by atoms with Gasteiger partial charge in [0.2, 0.25) is 11.8 Å². The summed E-state index contributed by atoms with van der Waals surface area (Å²) in [7, 11) is 0. The maximum absolute atomic E-state index is 11.7. The van der Waals surface area contributed by atoms with Crippen molar-refractivity contribution in [1.29, 1.82) is 5.26 Å². The third-order valence-electron chi connectivity index (χ3n) is 2.63. The standard InChI is InChI=1S/C12H11N3O2/c13-6-8-1-3-10(4-2-8)15-12(17)9-5-11(16)14-7-9/h1-4,9H,5,7H2,(H,14,16)(H,15,17). The maximum atomic E-state index is 11.7. The number of benzene rings is 1. The van der Waals surface area contributed by atoms with E-state index in [-0.39, 0.29) is 24.2 Å². The molecule has 1 unspecified atom stereocenters. The first kappa shape index (κ1) is 11.1. The topological polar surface area (TPSA) is 82.0 Å². The van der Waals surface area contributed by atoms with Crippen LogP contribution in [-0.4, -0.2) is 18.4 Å². The van der Waals surface area contributed by atoms with Crippen molar-refractivity contribution in [2.45, 2.75) is 6.42 Å². The monoisotopic (exact) mass is 229 g/mol. The lowest BCUT2D eigenvalue weighted by molar-refractivity contribution is -0.123. The van der Waals surface area contributed by atoms with Crippen LogP contribution in [0.3, 0.4) is 0 Å². The summed E-state index contributed by atoms with van der Waals surface area (Å²) in [5.74, 6) is -0.573. The molecule has 0 bridgehead atoms. The van der Waals surface area contributed by atoms with E-state index in [4.69, 9.17) is 5.26 Å². The van der Waals surface area contributed by atoms with Crippen molar-refractivity contribution in [3.8, 4) is 6.07 Å². The van der Waals surface area contributed by atoms with Crippen LogP contribution >= 0.6 is 0 Å². The zero-order valence-corrected chi connectivity index (χ0v) is 9.06. The van der Waals surface area contributed by atoms with E-state index in [0.29, 0.717) is 17.8 Å². The number of nitrogens with one attached hydrogen (secondary N) is 2. The Hall–Kier alpha value is -2.35. The van der Waals surface area contributed by atoms with E-state index in [1.807, 2.05) is 6.07 Å². The van der Waals surface area contributed by atoms with Gasteiger partial charge < -0.3 is 10.6 Å². The minimum atomic E-state index is -0.307. The summed E-state index contributed by atoms with van der Waals surface area (Å²) in [5, 5.41) is 14.0. The van der Waals surface area contributed by atoms with E-state index < -0.39 is 0 Å². The first-order valence-corrected chi connectivity index (χ1v) is 5.27. The quantitative estimate of drug-likeness (QED) is 0.780. The third kappa shape index (κ3) is 2.61. The molecule has 1 aliphatic rings. The Labute approximate surface area is 98.4 Å². The fourth-order valence-corrected chi connectivity index (χ4v) is 1.66. The summed E-state index contributed by atoms with van der Waals surface area (Å²) in [6.45, 7) is 0.390. The van der Waals surface area contributed by atoms with Gasteiger partial charge >= 0.3 is 0 Å². The molecule has 1 atom stereocenters. The Bertz CT molecular complexity index is 487. The molecule has 1 aromatic rings. The Kier molecular flexibility index (Phi) is 3.06. The van der Waals surface area contributed by atoms with Crippen LogP contribution in [0.5, 0.6) is 0 Å². The van der Waals surface area contributed by atoms with Crippen molar-refractivity contribution in [2.24, 2.45) is 5.92 Å². The highest BCUT2D eigenvalue weighted by Gasteiger charge is 2.27. The largest absolute Gasteiger partial charge is 0.355 e. The molecular weight excluding hydrogens is 218 g/mol. The predicted octanol–water partition coefficient (Wildman–Crippen LogP) is 0.633. The minimum absolute atomic E-state index is 0.0926. The van der Waals surface area contributed by atoms with Gasteiger partial charge in [-0.05, 0) is 24.3 Å². The van der Waals surface area contributed by atoms with Crippen molar-refractivity contribution in [3.05, 3.63) is 29.8 Å². The summed E-state index contributed by atoms with van der Waals surface area (Å²) >= 11 is 0. The molecule has 0 aliphatic carbocycles. The van der Waals surface area contributed by atoms with E-state index in [0.717, 1.165) is 0 Å². The van der Waals surface area contributed by atoms with Crippen LogP contribution in [0.15, 0.2) is 24.3 Å². The highest BCUT2D eigenvalue weighted by atomic mass is 16.2. The van der Waals surface area contributed by atoms with Crippen LogP contribution in [0.1, 0.15) is 12.0 Å². The first-order chi connectivity index (χ1) is 8.19. The average Bonchev–Trinajstić information content (AvgIpc) is 2.77. The van der Waals surface area contributed by atoms with Crippen LogP contribution in [0.4, 0.5) is 5.69 Å². The highest BCUT2D eigenvalue weighted by Crippen LogP contribution is 2.14. The van der Waals surface area contributed by atoms with E-state index in [9.17, 15) is 9.59 Å². The van der Waals surface area contributed by atoms with Gasteiger partial charge in [0.1, 0.15) is 0 Å². The molecule has 1 fully saturated rings. The van der Waals surface area contributed by atoms with Crippen LogP contribution in [-0.2, 0) is 9.59 Å². The SMILES string of the molecule is N#Cc1ccc(NC(=O)C2CNC(=O)C2)cc1. The van der Waals surface area contributed by atoms with Gasteiger partial charge in [0.25, 0.3) is 0 Å². The van der Waals surface area contributed by atoms with Gasteiger partial charge in [-0.25, -0.2) is 0 Å². The molecule has 5 nitrogen and oxygen atoms in total. The number of anilines is 1. The number of nitrogens with zero attached hydrogens (tertiary/aromatic N) is 1. The molecule has 5 heteroatoms. The molecule has 0 saturated carbocycles. The summed E-state index contributed by atoms with van der Waals surface area (Å²) in [4.78, 5) is 22.7. The summed E-state index contributed by atoms with van der Waals surface area (Å²) in [6, 6.07) is 8.60. The van der Waals surface area contributed by atoms with E-state index in [1.165, 1.54) is 0 Å². The molecule has 17 heavy (non-hydrogen) atoms. The second-order valence-electron chi connectivity index (χ2n) is 3.88. The van der Waals surface area contributed by atoms with Gasteiger partial charge in [-0.1, -0.05) is 0 Å². The Morgan fingerprint density at radius 1 is 1.41 bits per heavy atom. The second kappa shape index (κ2) is 4.66. The number of rotatable bonds is 2. The Morgan fingerprint density at radius 2 is 2.12 bits per heavy atom. The molecular formula is C12H11N3O2. The number of hydrogen-bond acceptors (Lipinski definition) is 3. The van der Waals surface area contributed by atoms with Crippen LogP contribution in [0, 0.1) is 17.2 Å². The Balaban J connectivity index is 1.98. The molecule has 0 aromatic heterocycles. The summed E-state index contributed by atoms with van der Waals surface area (Å²) in [5.41, 5.74) is 1.18. The molecule has 2 N–H and O–H groups in total. The van der Waals surface area contributed by atoms with Gasteiger partial charge in [-0.3, -0.25) is 9.59 Å². The van der Waals surface area contributed by atoms with Crippen LogP contribution in [0.2, 0.25) is 0 Å². The van der Waals surface area contributed by atoms with Gasteiger partial charge in [0.05, 0.1) is 17.6 Å². The average molecular weight is 229 g/mol. The summed E-state index contributed by atoms with van der Waals surface area (Å²) < 4.78 is 0. The van der Waals surface area contributed by atoms with Crippen molar-refractivity contribution in [2.75, 3.05) is 11.9 Å². The molecule has 0 radical (unpaired) electrons. The lowest BCUT2D eigenvalue weighted by Crippen LogP contribution is -2.24. The Morgan fingerprint density at radius 3 is 2.65 bits per heavy atom. The van der Waals surface area contributed by atoms with Crippen LogP contribution < -0.4 is 10.6 Å². The zero-order valence-electron chi connectivity index (χ0n) is 9.06. The molecule has 1 saturated heterocycles. The smallest absolute Gasteiger partial charge is 0.229 e. The molecule has 2 amide bonds. The van der Waals surface area contributed by atoms with Crippen molar-refractivity contribution in [3.63, 3.8) is 0 Å². The minimum Gasteiger partial charge on any atom is -0.355 e. The number of carbonyl (C=O) groups excluding carboxylic acids is 2. The number of amides is 2. The van der Waals surface area contributed by atoms with Crippen molar-refractivity contribution >= 4 is 17.5 Å². The first-order valence-electron chi connectivity index (χ1n) is 5.27. The van der Waals surface area contributed by atoms with Gasteiger partial charge in [-0.2, -0.15) is 5.26 Å². The lowest BCUT2D eigenvalue weighted by Gasteiger charge is -2.08. The van der Waals surface area contributed by atoms with Crippen molar-refractivity contribution in [1.82, 2.24) is 5.32 Å². The van der Waals surface area contributed by atoms with E-state index >= 15 is 0 Å². The van der Waals surface area contributed by atoms with E-state index in [1.54, 1.807) is 24.3 Å². The molecule has 0 spiro atoms. The highest BCUT2D eigenvalue weighted by molar-refractivity contribution is 5.97. The number of nitriles is 1. The van der Waals surface area contributed by atoms with Gasteiger partial charge in [0.15, 0.2) is 0 Å². The molecule has 86 valence electrons. The van der Waals surface area contributed by atoms with Crippen molar-refractivity contribution < 1.29 is 9.59 Å². The maximum Gasteiger partial charge on any atom is 0.229 e. The summed E-state index contributed by atoms with van der Waals surface area (Å²) in [6.07, 6.45) is 0.238. The van der Waals surface area contributed by atoms with Gasteiger partial charge in [-0.15, -0.1) is 0 Å². The lowest BCUT2D eigenvalue weighted by atomic mass is 10.1. The molecule has 1 aliphatic heterocycles. The number of hydrogen-bond donors (Lipinski definition) is 2. The molecule has 2 rings (SSSR count). The fourth-order valence-electron chi connectivity index (χ4n) is 1.66. The molecule has 1 heterocycles. The van der Waals surface area contributed by atoms with Crippen LogP contribution in [0.25, 0.3) is 0 Å². The normalized spacial score (nSPS) is 18.3.